The highest BCUT2D eigenvalue weighted by molar-refractivity contribution is 6.30. The molecular formula is C14H17ClN4O. The molecule has 2 amide bonds. The maximum Gasteiger partial charge on any atom is 0.319 e. The minimum Gasteiger partial charge on any atom is -0.331 e. The van der Waals surface area contributed by atoms with E-state index in [4.69, 9.17) is 11.6 Å². The predicted octanol–water partition coefficient (Wildman–Crippen LogP) is 3.26. The monoisotopic (exact) mass is 292 g/mol. The Bertz CT molecular complexity index is 606. The number of carbonyl (C=O) groups is 1. The number of rotatable bonds is 3. The molecule has 1 aromatic heterocycles. The third-order valence-corrected chi connectivity index (χ3v) is 3.44. The van der Waals surface area contributed by atoms with Gasteiger partial charge in [-0.15, -0.1) is 0 Å². The van der Waals surface area contributed by atoms with Gasteiger partial charge in [0, 0.05) is 29.0 Å². The molecule has 5 nitrogen and oxygen atoms in total. The summed E-state index contributed by atoms with van der Waals surface area (Å²) < 4.78 is 1.78. The van der Waals surface area contributed by atoms with E-state index in [1.807, 2.05) is 20.9 Å². The maximum absolute atomic E-state index is 11.9. The summed E-state index contributed by atoms with van der Waals surface area (Å²) in [6.45, 7) is 3.89. The second-order valence-electron chi connectivity index (χ2n) is 4.64. The van der Waals surface area contributed by atoms with Crippen molar-refractivity contribution >= 4 is 23.3 Å². The number of amides is 2. The van der Waals surface area contributed by atoms with E-state index >= 15 is 0 Å². The van der Waals surface area contributed by atoms with E-state index in [0.29, 0.717) is 10.7 Å². The van der Waals surface area contributed by atoms with Crippen LogP contribution in [0.25, 0.3) is 0 Å². The van der Waals surface area contributed by atoms with E-state index in [2.05, 4.69) is 15.7 Å². The number of benzene rings is 1. The number of anilines is 1. The van der Waals surface area contributed by atoms with Crippen LogP contribution in [-0.2, 0) is 7.05 Å². The molecular weight excluding hydrogens is 276 g/mol. The summed E-state index contributed by atoms with van der Waals surface area (Å²) in [5.74, 6) is 0. The van der Waals surface area contributed by atoms with Crippen molar-refractivity contribution in [1.82, 2.24) is 15.1 Å². The maximum atomic E-state index is 11.9. The number of aromatic nitrogens is 2. The van der Waals surface area contributed by atoms with Crippen LogP contribution in [0.3, 0.4) is 0 Å². The van der Waals surface area contributed by atoms with Gasteiger partial charge in [-0.2, -0.15) is 5.10 Å². The zero-order valence-corrected chi connectivity index (χ0v) is 12.4. The summed E-state index contributed by atoms with van der Waals surface area (Å²) in [4.78, 5) is 11.9. The van der Waals surface area contributed by atoms with Crippen LogP contribution in [-0.4, -0.2) is 15.8 Å². The largest absolute Gasteiger partial charge is 0.331 e. The molecule has 0 bridgehead atoms. The lowest BCUT2D eigenvalue weighted by atomic mass is 10.1. The summed E-state index contributed by atoms with van der Waals surface area (Å²) in [6, 6.07) is 6.58. The van der Waals surface area contributed by atoms with E-state index in [1.54, 1.807) is 35.1 Å². The number of nitrogens with zero attached hydrogens (tertiary/aromatic N) is 2. The summed E-state index contributed by atoms with van der Waals surface area (Å²) in [5, 5.41) is 10.4. The van der Waals surface area contributed by atoms with Crippen LogP contribution < -0.4 is 10.6 Å². The van der Waals surface area contributed by atoms with Crippen molar-refractivity contribution in [3.05, 3.63) is 46.7 Å². The minimum absolute atomic E-state index is 0.115. The lowest BCUT2D eigenvalue weighted by molar-refractivity contribution is 0.249. The van der Waals surface area contributed by atoms with Crippen LogP contribution in [0.2, 0.25) is 5.02 Å². The molecule has 0 saturated carbocycles. The van der Waals surface area contributed by atoms with Crippen molar-refractivity contribution in [2.75, 3.05) is 5.32 Å². The van der Waals surface area contributed by atoms with Gasteiger partial charge < -0.3 is 10.6 Å². The summed E-state index contributed by atoms with van der Waals surface area (Å²) in [5.41, 5.74) is 2.73. The summed E-state index contributed by atoms with van der Waals surface area (Å²) >= 11 is 5.79. The molecule has 106 valence electrons. The molecule has 6 heteroatoms. The molecule has 1 atom stereocenters. The Hall–Kier alpha value is -2.01. The Kier molecular flexibility index (Phi) is 4.29. The molecule has 1 aromatic carbocycles. The van der Waals surface area contributed by atoms with Crippen molar-refractivity contribution in [3.8, 4) is 0 Å². The lowest BCUT2D eigenvalue weighted by Crippen LogP contribution is -2.31. The molecule has 2 N–H and O–H groups in total. The van der Waals surface area contributed by atoms with Crippen LogP contribution in [0.4, 0.5) is 10.5 Å². The quantitative estimate of drug-likeness (QED) is 0.912. The number of halogens is 1. The molecule has 1 unspecified atom stereocenters. The highest BCUT2D eigenvalue weighted by atomic mass is 35.5. The van der Waals surface area contributed by atoms with Crippen molar-refractivity contribution in [2.24, 2.45) is 7.05 Å². The Balaban J connectivity index is 1.97. The number of carbonyl (C=O) groups excluding carboxylic acids is 1. The van der Waals surface area contributed by atoms with Crippen LogP contribution in [0, 0.1) is 6.92 Å². The van der Waals surface area contributed by atoms with Crippen LogP contribution in [0.15, 0.2) is 30.5 Å². The molecule has 2 rings (SSSR count). The van der Waals surface area contributed by atoms with Crippen LogP contribution in [0.1, 0.15) is 24.2 Å². The SMILES string of the molecule is Cc1c(C(C)NC(=O)Nc2ccc(Cl)cc2)cnn1C. The average Bonchev–Trinajstić information content (AvgIpc) is 2.73. The van der Waals surface area contributed by atoms with Gasteiger partial charge in [0.05, 0.1) is 12.2 Å². The van der Waals surface area contributed by atoms with E-state index in [-0.39, 0.29) is 12.1 Å². The first-order valence-electron chi connectivity index (χ1n) is 6.29. The van der Waals surface area contributed by atoms with Gasteiger partial charge in [-0.05, 0) is 38.1 Å². The zero-order chi connectivity index (χ0) is 14.7. The Labute approximate surface area is 122 Å². The summed E-state index contributed by atoms with van der Waals surface area (Å²) in [6.07, 6.45) is 1.77. The van der Waals surface area contributed by atoms with Crippen molar-refractivity contribution < 1.29 is 4.79 Å². The van der Waals surface area contributed by atoms with Gasteiger partial charge in [0.25, 0.3) is 0 Å². The Morgan fingerprint density at radius 1 is 1.35 bits per heavy atom. The Morgan fingerprint density at radius 3 is 2.55 bits per heavy atom. The first-order chi connectivity index (χ1) is 9.47. The van der Waals surface area contributed by atoms with Gasteiger partial charge in [0.1, 0.15) is 0 Å². The number of hydrogen-bond acceptors (Lipinski definition) is 2. The van der Waals surface area contributed by atoms with E-state index < -0.39 is 0 Å². The molecule has 0 aliphatic carbocycles. The number of urea groups is 1. The van der Waals surface area contributed by atoms with Crippen LogP contribution >= 0.6 is 11.6 Å². The molecule has 0 aliphatic heterocycles. The fourth-order valence-corrected chi connectivity index (χ4v) is 2.04. The van der Waals surface area contributed by atoms with Gasteiger partial charge >= 0.3 is 6.03 Å². The molecule has 0 radical (unpaired) electrons. The molecule has 20 heavy (non-hydrogen) atoms. The third-order valence-electron chi connectivity index (χ3n) is 3.19. The van der Waals surface area contributed by atoms with Gasteiger partial charge in [0.15, 0.2) is 0 Å². The fraction of sp³-hybridized carbons (Fsp3) is 0.286. The van der Waals surface area contributed by atoms with E-state index in [9.17, 15) is 4.79 Å². The smallest absolute Gasteiger partial charge is 0.319 e. The van der Waals surface area contributed by atoms with Crippen LogP contribution in [0.5, 0.6) is 0 Å². The molecule has 1 heterocycles. The molecule has 0 aliphatic rings. The topological polar surface area (TPSA) is 59.0 Å². The normalized spacial score (nSPS) is 12.0. The van der Waals surface area contributed by atoms with Gasteiger partial charge in [-0.25, -0.2) is 4.79 Å². The first-order valence-corrected chi connectivity index (χ1v) is 6.66. The van der Waals surface area contributed by atoms with Crippen molar-refractivity contribution in [1.29, 1.82) is 0 Å². The lowest BCUT2D eigenvalue weighted by Gasteiger charge is -2.14. The molecule has 0 saturated heterocycles. The number of aryl methyl sites for hydroxylation is 1. The number of nitrogens with one attached hydrogen (secondary N) is 2. The molecule has 0 fully saturated rings. The summed E-state index contributed by atoms with van der Waals surface area (Å²) in [7, 11) is 1.87. The van der Waals surface area contributed by atoms with Gasteiger partial charge in [-0.1, -0.05) is 11.6 Å². The second kappa shape index (κ2) is 5.96. The minimum atomic E-state index is -0.261. The van der Waals surface area contributed by atoms with Crippen molar-refractivity contribution in [2.45, 2.75) is 19.9 Å². The fourth-order valence-electron chi connectivity index (χ4n) is 1.92. The van der Waals surface area contributed by atoms with Crippen molar-refractivity contribution in [3.63, 3.8) is 0 Å². The van der Waals surface area contributed by atoms with E-state index in [1.165, 1.54) is 0 Å². The highest BCUT2D eigenvalue weighted by Gasteiger charge is 2.14. The third kappa shape index (κ3) is 3.30. The zero-order valence-electron chi connectivity index (χ0n) is 11.6. The van der Waals surface area contributed by atoms with Gasteiger partial charge in [0.2, 0.25) is 0 Å². The van der Waals surface area contributed by atoms with E-state index in [0.717, 1.165) is 11.3 Å². The average molecular weight is 293 g/mol. The highest BCUT2D eigenvalue weighted by Crippen LogP contribution is 2.17. The molecule has 2 aromatic rings. The predicted molar refractivity (Wildman–Crippen MR) is 80.0 cm³/mol. The molecule has 0 spiro atoms. The standard InChI is InChI=1S/C14H17ClN4O/c1-9(13-8-16-19(3)10(13)2)17-14(20)18-12-6-4-11(15)5-7-12/h4-9H,1-3H3,(H2,17,18,20). The van der Waals surface area contributed by atoms with Gasteiger partial charge in [-0.3, -0.25) is 4.68 Å². The Morgan fingerprint density at radius 2 is 2.00 bits per heavy atom. The second-order valence-corrected chi connectivity index (χ2v) is 5.07. The first kappa shape index (κ1) is 14.4. The number of hydrogen-bond donors (Lipinski definition) is 2.